The molecule has 0 aliphatic carbocycles. The molecule has 2 rings (SSSR count). The lowest BCUT2D eigenvalue weighted by atomic mass is 10.0. The molecule has 0 bridgehead atoms. The van der Waals surface area contributed by atoms with Gasteiger partial charge in [-0.2, -0.15) is 0 Å². The van der Waals surface area contributed by atoms with E-state index in [0.717, 1.165) is 17.9 Å². The molecule has 4 heteroatoms. The molecule has 1 atom stereocenters. The summed E-state index contributed by atoms with van der Waals surface area (Å²) in [6.45, 7) is 1.25. The normalized spacial score (nSPS) is 12.4. The monoisotopic (exact) mass is 288 g/mol. The van der Waals surface area contributed by atoms with Crippen LogP contribution in [0.15, 0.2) is 48.5 Å². The number of benzene rings is 2. The zero-order valence-electron chi connectivity index (χ0n) is 12.4. The van der Waals surface area contributed by atoms with Crippen LogP contribution in [-0.4, -0.2) is 25.6 Å². The van der Waals surface area contributed by atoms with Gasteiger partial charge in [0, 0.05) is 19.1 Å². The number of nitrogens with zero attached hydrogens (tertiary/aromatic N) is 1. The number of hydrogen-bond donors (Lipinski definition) is 1. The maximum atomic E-state index is 13.0. The van der Waals surface area contributed by atoms with E-state index in [1.165, 1.54) is 17.7 Å². The van der Waals surface area contributed by atoms with E-state index in [1.807, 2.05) is 31.3 Å². The minimum atomic E-state index is -0.229. The van der Waals surface area contributed by atoms with Crippen molar-refractivity contribution in [1.29, 1.82) is 0 Å². The molecule has 0 amide bonds. The Bertz CT molecular complexity index is 554. The van der Waals surface area contributed by atoms with Crippen LogP contribution >= 0.6 is 0 Å². The van der Waals surface area contributed by atoms with Crippen molar-refractivity contribution in [2.45, 2.75) is 12.6 Å². The number of ether oxygens (including phenoxy) is 1. The zero-order valence-corrected chi connectivity index (χ0v) is 12.4. The summed E-state index contributed by atoms with van der Waals surface area (Å²) in [5.41, 5.74) is 8.09. The number of rotatable bonds is 6. The SMILES string of the molecule is COc1ccc(CN(C)C(CN)c2ccc(F)cc2)cc1. The van der Waals surface area contributed by atoms with Crippen LogP contribution in [0.5, 0.6) is 5.75 Å². The molecule has 0 fully saturated rings. The van der Waals surface area contributed by atoms with Crippen molar-refractivity contribution < 1.29 is 9.13 Å². The molecule has 0 radical (unpaired) electrons. The number of methoxy groups -OCH3 is 1. The van der Waals surface area contributed by atoms with Gasteiger partial charge in [-0.15, -0.1) is 0 Å². The standard InChI is InChI=1S/C17H21FN2O/c1-20(12-13-3-9-16(21-2)10-4-13)17(11-19)14-5-7-15(18)8-6-14/h3-10,17H,11-12,19H2,1-2H3. The third-order valence-electron chi connectivity index (χ3n) is 3.60. The Morgan fingerprint density at radius 3 is 2.24 bits per heavy atom. The van der Waals surface area contributed by atoms with Crippen molar-refractivity contribution in [2.24, 2.45) is 5.73 Å². The van der Waals surface area contributed by atoms with Crippen molar-refractivity contribution >= 4 is 0 Å². The Hall–Kier alpha value is -1.91. The fourth-order valence-electron chi connectivity index (χ4n) is 2.38. The van der Waals surface area contributed by atoms with Crippen LogP contribution in [0, 0.1) is 5.82 Å². The lowest BCUT2D eigenvalue weighted by Crippen LogP contribution is -2.30. The molecular weight excluding hydrogens is 267 g/mol. The maximum absolute atomic E-state index is 13.0. The summed E-state index contributed by atoms with van der Waals surface area (Å²) in [5, 5.41) is 0. The third-order valence-corrected chi connectivity index (χ3v) is 3.60. The summed E-state index contributed by atoms with van der Waals surface area (Å²) in [6.07, 6.45) is 0. The van der Waals surface area contributed by atoms with Gasteiger partial charge in [-0.1, -0.05) is 24.3 Å². The van der Waals surface area contributed by atoms with Crippen LogP contribution in [-0.2, 0) is 6.54 Å². The summed E-state index contributed by atoms with van der Waals surface area (Å²) >= 11 is 0. The third kappa shape index (κ3) is 4.03. The van der Waals surface area contributed by atoms with E-state index in [-0.39, 0.29) is 11.9 Å². The predicted molar refractivity (Wildman–Crippen MR) is 82.7 cm³/mol. The van der Waals surface area contributed by atoms with E-state index in [4.69, 9.17) is 10.5 Å². The molecule has 0 heterocycles. The highest BCUT2D eigenvalue weighted by Gasteiger charge is 2.15. The molecule has 0 saturated carbocycles. The van der Waals surface area contributed by atoms with Crippen molar-refractivity contribution in [3.8, 4) is 5.75 Å². The molecule has 112 valence electrons. The molecule has 0 aromatic heterocycles. The molecule has 2 aromatic carbocycles. The Balaban J connectivity index is 2.08. The van der Waals surface area contributed by atoms with Gasteiger partial charge in [-0.3, -0.25) is 4.90 Å². The van der Waals surface area contributed by atoms with Crippen LogP contribution in [0.4, 0.5) is 4.39 Å². The van der Waals surface area contributed by atoms with Crippen LogP contribution in [0.2, 0.25) is 0 Å². The van der Waals surface area contributed by atoms with Gasteiger partial charge in [0.15, 0.2) is 0 Å². The molecule has 0 saturated heterocycles. The van der Waals surface area contributed by atoms with E-state index in [2.05, 4.69) is 4.90 Å². The summed E-state index contributed by atoms with van der Waals surface area (Å²) in [4.78, 5) is 2.16. The van der Waals surface area contributed by atoms with Gasteiger partial charge in [0.2, 0.25) is 0 Å². The molecule has 1 unspecified atom stereocenters. The fraction of sp³-hybridized carbons (Fsp3) is 0.294. The summed E-state index contributed by atoms with van der Waals surface area (Å²) in [7, 11) is 3.67. The molecule has 21 heavy (non-hydrogen) atoms. The molecule has 2 aromatic rings. The molecule has 0 aliphatic heterocycles. The average Bonchev–Trinajstić information content (AvgIpc) is 2.50. The number of halogens is 1. The van der Waals surface area contributed by atoms with Crippen LogP contribution < -0.4 is 10.5 Å². The van der Waals surface area contributed by atoms with Crippen LogP contribution in [0.3, 0.4) is 0 Å². The van der Waals surface area contributed by atoms with Crippen LogP contribution in [0.1, 0.15) is 17.2 Å². The highest BCUT2D eigenvalue weighted by Crippen LogP contribution is 2.21. The van der Waals surface area contributed by atoms with Gasteiger partial charge in [-0.05, 0) is 42.4 Å². The topological polar surface area (TPSA) is 38.5 Å². The number of hydrogen-bond acceptors (Lipinski definition) is 3. The van der Waals surface area contributed by atoms with Gasteiger partial charge < -0.3 is 10.5 Å². The van der Waals surface area contributed by atoms with Gasteiger partial charge in [0.1, 0.15) is 11.6 Å². The predicted octanol–water partition coefficient (Wildman–Crippen LogP) is 2.97. The Kier molecular flexibility index (Phi) is 5.31. The largest absolute Gasteiger partial charge is 0.497 e. The highest BCUT2D eigenvalue weighted by atomic mass is 19.1. The minimum absolute atomic E-state index is 0.0627. The zero-order chi connectivity index (χ0) is 15.2. The van der Waals surface area contributed by atoms with Crippen molar-refractivity contribution in [3.63, 3.8) is 0 Å². The first-order chi connectivity index (χ1) is 10.1. The van der Waals surface area contributed by atoms with Crippen molar-refractivity contribution in [1.82, 2.24) is 4.90 Å². The average molecular weight is 288 g/mol. The van der Waals surface area contributed by atoms with Gasteiger partial charge >= 0.3 is 0 Å². The summed E-state index contributed by atoms with van der Waals surface area (Å²) in [5.74, 6) is 0.614. The van der Waals surface area contributed by atoms with Gasteiger partial charge in [0.05, 0.1) is 7.11 Å². The smallest absolute Gasteiger partial charge is 0.123 e. The maximum Gasteiger partial charge on any atom is 0.123 e. The van der Waals surface area contributed by atoms with E-state index >= 15 is 0 Å². The number of nitrogens with two attached hydrogens (primary N) is 1. The van der Waals surface area contributed by atoms with E-state index < -0.39 is 0 Å². The second-order valence-corrected chi connectivity index (χ2v) is 5.07. The first-order valence-electron chi connectivity index (χ1n) is 6.92. The first kappa shape index (κ1) is 15.5. The minimum Gasteiger partial charge on any atom is -0.497 e. The quantitative estimate of drug-likeness (QED) is 0.888. The van der Waals surface area contributed by atoms with E-state index in [1.54, 1.807) is 19.2 Å². The molecule has 0 spiro atoms. The lowest BCUT2D eigenvalue weighted by Gasteiger charge is -2.27. The second kappa shape index (κ2) is 7.20. The number of likely N-dealkylation sites (N-methyl/N-ethyl adjacent to an activating group) is 1. The van der Waals surface area contributed by atoms with E-state index in [0.29, 0.717) is 6.54 Å². The molecule has 0 aliphatic rings. The Morgan fingerprint density at radius 2 is 1.71 bits per heavy atom. The fourth-order valence-corrected chi connectivity index (χ4v) is 2.38. The first-order valence-corrected chi connectivity index (χ1v) is 6.92. The van der Waals surface area contributed by atoms with Crippen molar-refractivity contribution in [3.05, 3.63) is 65.5 Å². The molecule has 3 nitrogen and oxygen atoms in total. The molecule has 2 N–H and O–H groups in total. The van der Waals surface area contributed by atoms with Gasteiger partial charge in [-0.25, -0.2) is 4.39 Å². The lowest BCUT2D eigenvalue weighted by molar-refractivity contribution is 0.241. The van der Waals surface area contributed by atoms with Crippen LogP contribution in [0.25, 0.3) is 0 Å². The summed E-state index contributed by atoms with van der Waals surface area (Å²) in [6, 6.07) is 14.5. The second-order valence-electron chi connectivity index (χ2n) is 5.07. The van der Waals surface area contributed by atoms with Crippen molar-refractivity contribution in [2.75, 3.05) is 20.7 Å². The highest BCUT2D eigenvalue weighted by molar-refractivity contribution is 5.27. The Morgan fingerprint density at radius 1 is 1.10 bits per heavy atom. The summed E-state index contributed by atoms with van der Waals surface area (Å²) < 4.78 is 18.2. The van der Waals surface area contributed by atoms with Gasteiger partial charge in [0.25, 0.3) is 0 Å². The van der Waals surface area contributed by atoms with E-state index in [9.17, 15) is 4.39 Å². The molecular formula is C17H21FN2O. The Labute approximate surface area is 125 Å².